The first-order valence-electron chi connectivity index (χ1n) is 3.15. The topological polar surface area (TPSA) is 93.1 Å². The van der Waals surface area contributed by atoms with Gasteiger partial charge in [-0.2, -0.15) is 13.2 Å². The van der Waals surface area contributed by atoms with Gasteiger partial charge in [-0.25, -0.2) is 9.59 Å². The monoisotopic (exact) mass is 232 g/mol. The second kappa shape index (κ2) is 8.66. The van der Waals surface area contributed by atoms with Gasteiger partial charge >= 0.3 is 12.3 Å². The Morgan fingerprint density at radius 2 is 1.80 bits per heavy atom. The molecule has 0 aromatic rings. The Hall–Kier alpha value is -1.93. The van der Waals surface area contributed by atoms with Crippen LogP contribution in [0.4, 0.5) is 22.8 Å². The molecule has 0 aromatic heterocycles. The third kappa shape index (κ3) is 24.5. The van der Waals surface area contributed by atoms with E-state index in [1.807, 2.05) is 0 Å². The van der Waals surface area contributed by atoms with Crippen LogP contribution in [-0.2, 0) is 9.47 Å². The van der Waals surface area contributed by atoms with Crippen LogP contribution in [0.15, 0.2) is 12.7 Å². The molecule has 88 valence electrons. The quantitative estimate of drug-likeness (QED) is 0.621. The van der Waals surface area contributed by atoms with E-state index < -0.39 is 24.7 Å². The van der Waals surface area contributed by atoms with Crippen molar-refractivity contribution in [1.82, 2.24) is 0 Å². The zero-order chi connectivity index (χ0) is 12.4. The number of alkyl halides is 1. The molecule has 2 N–H and O–H groups in total. The summed E-state index contributed by atoms with van der Waals surface area (Å²) in [5, 5.41) is 13.9. The normalized spacial score (nSPS) is 17.0. The summed E-state index contributed by atoms with van der Waals surface area (Å²) in [6, 6.07) is 0. The van der Waals surface area contributed by atoms with E-state index in [4.69, 9.17) is 15.0 Å². The molecular weight excluding hydrogens is 225 g/mol. The highest BCUT2D eigenvalue weighted by molar-refractivity contribution is 5.61. The summed E-state index contributed by atoms with van der Waals surface area (Å²) in [6.07, 6.45) is -6.14. The molecule has 0 bridgehead atoms. The molecule has 0 radical (unpaired) electrons. The van der Waals surface area contributed by atoms with E-state index in [2.05, 4.69) is 16.1 Å². The van der Waals surface area contributed by atoms with Crippen LogP contribution < -0.4 is 0 Å². The number of rotatable bonds is 0. The van der Waals surface area contributed by atoms with Crippen molar-refractivity contribution < 1.29 is 42.4 Å². The van der Waals surface area contributed by atoms with Crippen LogP contribution >= 0.6 is 0 Å². The molecule has 1 heterocycles. The van der Waals surface area contributed by atoms with Gasteiger partial charge < -0.3 is 19.7 Å². The Morgan fingerprint density at radius 3 is 1.87 bits per heavy atom. The molecule has 1 rings (SSSR count). The molecule has 6 nitrogen and oxygen atoms in total. The van der Waals surface area contributed by atoms with Gasteiger partial charge in [-0.15, -0.1) is 0 Å². The standard InChI is InChI=1S/C3H3FO3.C2H2F2.CH2O3/c4-2-1-6-3(5)7-2;1-2(3)4;2-1(3)4/h2H,1H2;1H2;(H2,2,3,4). The molecule has 15 heavy (non-hydrogen) atoms. The predicted molar refractivity (Wildman–Crippen MR) is 39.3 cm³/mol. The first-order valence-corrected chi connectivity index (χ1v) is 3.15. The number of carboxylic acid groups (broad SMARTS) is 2. The lowest BCUT2D eigenvalue weighted by Crippen LogP contribution is -1.98. The highest BCUT2D eigenvalue weighted by atomic mass is 19.3. The molecule has 0 aromatic carbocycles. The maximum absolute atomic E-state index is 11.6. The molecular formula is C6H7F3O6. The van der Waals surface area contributed by atoms with Crippen molar-refractivity contribution in [1.29, 1.82) is 0 Å². The van der Waals surface area contributed by atoms with Crippen LogP contribution in [0.2, 0.25) is 0 Å². The lowest BCUT2D eigenvalue weighted by Gasteiger charge is -1.85. The first kappa shape index (κ1) is 15.5. The minimum atomic E-state index is -1.83. The van der Waals surface area contributed by atoms with Crippen molar-refractivity contribution >= 4 is 12.3 Å². The summed E-state index contributed by atoms with van der Waals surface area (Å²) in [5.41, 5.74) is 0. The van der Waals surface area contributed by atoms with Gasteiger partial charge in [0, 0.05) is 0 Å². The molecule has 1 fully saturated rings. The zero-order valence-electron chi connectivity index (χ0n) is 7.15. The summed E-state index contributed by atoms with van der Waals surface area (Å²) >= 11 is 0. The molecule has 1 unspecified atom stereocenters. The van der Waals surface area contributed by atoms with Crippen molar-refractivity contribution in [3.8, 4) is 0 Å². The summed E-state index contributed by atoms with van der Waals surface area (Å²) in [6.45, 7) is 1.96. The van der Waals surface area contributed by atoms with Gasteiger partial charge in [0.1, 0.15) is 0 Å². The SMILES string of the molecule is C=C(F)F.O=C(O)O.O=C1OCC(F)O1. The summed E-state index contributed by atoms with van der Waals surface area (Å²) < 4.78 is 39.7. The fourth-order valence-electron chi connectivity index (χ4n) is 0.306. The minimum absolute atomic E-state index is 0.265. The van der Waals surface area contributed by atoms with E-state index in [9.17, 15) is 18.0 Å². The zero-order valence-corrected chi connectivity index (χ0v) is 7.15. The van der Waals surface area contributed by atoms with Crippen molar-refractivity contribution in [2.24, 2.45) is 0 Å². The van der Waals surface area contributed by atoms with E-state index in [1.165, 1.54) is 0 Å². The number of halogens is 3. The average Bonchev–Trinajstić information content (AvgIpc) is 2.31. The molecule has 9 heteroatoms. The summed E-state index contributed by atoms with van der Waals surface area (Å²) in [4.78, 5) is 18.3. The lowest BCUT2D eigenvalue weighted by molar-refractivity contribution is 0.0572. The predicted octanol–water partition coefficient (Wildman–Crippen LogP) is 2.07. The Labute approximate surface area is 81.5 Å². The third-order valence-corrected chi connectivity index (χ3v) is 0.556. The van der Waals surface area contributed by atoms with Crippen molar-refractivity contribution in [3.05, 3.63) is 12.7 Å². The molecule has 1 atom stereocenters. The Balaban J connectivity index is 0. The fourth-order valence-corrected chi connectivity index (χ4v) is 0.306. The van der Waals surface area contributed by atoms with E-state index in [0.29, 0.717) is 0 Å². The molecule has 0 spiro atoms. The van der Waals surface area contributed by atoms with E-state index in [1.54, 1.807) is 0 Å². The van der Waals surface area contributed by atoms with Gasteiger partial charge in [0.05, 0.1) is 0 Å². The van der Waals surface area contributed by atoms with Crippen LogP contribution in [0.3, 0.4) is 0 Å². The smallest absolute Gasteiger partial charge is 0.450 e. The molecule has 1 saturated heterocycles. The van der Waals surface area contributed by atoms with Gasteiger partial charge in [-0.3, -0.25) is 0 Å². The number of carbonyl (C=O) groups excluding carboxylic acids is 1. The van der Waals surface area contributed by atoms with Gasteiger partial charge in [0.2, 0.25) is 0 Å². The van der Waals surface area contributed by atoms with Gasteiger partial charge in [0.25, 0.3) is 12.4 Å². The summed E-state index contributed by atoms with van der Waals surface area (Å²) in [5.74, 6) is 0. The second-order valence-corrected chi connectivity index (χ2v) is 1.71. The third-order valence-electron chi connectivity index (χ3n) is 0.556. The maximum Gasteiger partial charge on any atom is 0.511 e. The van der Waals surface area contributed by atoms with Gasteiger partial charge in [-0.05, 0) is 6.58 Å². The van der Waals surface area contributed by atoms with Crippen LogP contribution in [0.25, 0.3) is 0 Å². The van der Waals surface area contributed by atoms with Gasteiger partial charge in [0.15, 0.2) is 6.61 Å². The molecule has 1 aliphatic heterocycles. The van der Waals surface area contributed by atoms with Crippen LogP contribution in [0, 0.1) is 0 Å². The van der Waals surface area contributed by atoms with E-state index >= 15 is 0 Å². The molecule has 0 saturated carbocycles. The second-order valence-electron chi connectivity index (χ2n) is 1.71. The molecule has 0 amide bonds. The Morgan fingerprint density at radius 1 is 1.47 bits per heavy atom. The lowest BCUT2D eigenvalue weighted by atomic mass is 10.8. The first-order chi connectivity index (χ1) is 6.75. The van der Waals surface area contributed by atoms with Gasteiger partial charge in [-0.1, -0.05) is 0 Å². The van der Waals surface area contributed by atoms with E-state index in [-0.39, 0.29) is 6.61 Å². The van der Waals surface area contributed by atoms with Crippen LogP contribution in [0.5, 0.6) is 0 Å². The Kier molecular flexibility index (Phi) is 8.97. The van der Waals surface area contributed by atoms with Crippen LogP contribution in [0.1, 0.15) is 0 Å². The Bertz CT molecular complexity index is 211. The number of carbonyl (C=O) groups is 2. The molecule has 1 aliphatic rings. The van der Waals surface area contributed by atoms with Crippen LogP contribution in [-0.4, -0.2) is 35.5 Å². The number of hydrogen-bond donors (Lipinski definition) is 2. The number of cyclic esters (lactones) is 2. The number of hydrogen-bond acceptors (Lipinski definition) is 4. The average molecular weight is 232 g/mol. The fraction of sp³-hybridized carbons (Fsp3) is 0.333. The minimum Gasteiger partial charge on any atom is -0.450 e. The number of ether oxygens (including phenoxy) is 2. The largest absolute Gasteiger partial charge is 0.511 e. The van der Waals surface area contributed by atoms with E-state index in [0.717, 1.165) is 0 Å². The van der Waals surface area contributed by atoms with Crippen molar-refractivity contribution in [3.63, 3.8) is 0 Å². The molecule has 0 aliphatic carbocycles. The maximum atomic E-state index is 11.6. The van der Waals surface area contributed by atoms with Crippen molar-refractivity contribution in [2.75, 3.05) is 6.61 Å². The summed E-state index contributed by atoms with van der Waals surface area (Å²) in [7, 11) is 0. The van der Waals surface area contributed by atoms with Crippen molar-refractivity contribution in [2.45, 2.75) is 6.36 Å². The highest BCUT2D eigenvalue weighted by Crippen LogP contribution is 2.05. The highest BCUT2D eigenvalue weighted by Gasteiger charge is 2.23.